The second kappa shape index (κ2) is 6.96. The monoisotopic (exact) mass is 305 g/mol. The molecule has 2 rings (SSSR count). The summed E-state index contributed by atoms with van der Waals surface area (Å²) in [5, 5.41) is 9.01. The van der Waals surface area contributed by atoms with Crippen LogP contribution in [0.5, 0.6) is 11.5 Å². The standard InChI is InChI=1S/C16H13ClFNO2/c1-20-15-4-5-16(12(7-15)8-17)21-10-13-6-14(18)3-2-11(13)9-19/h2-7H,8,10H2,1H3. The summed E-state index contributed by atoms with van der Waals surface area (Å²) in [6.45, 7) is 0.0941. The van der Waals surface area contributed by atoms with Gasteiger partial charge in [0.1, 0.15) is 23.9 Å². The molecule has 0 atom stereocenters. The fourth-order valence-electron chi connectivity index (χ4n) is 1.87. The fraction of sp³-hybridized carbons (Fsp3) is 0.188. The topological polar surface area (TPSA) is 42.2 Å². The number of nitriles is 1. The number of ether oxygens (including phenoxy) is 2. The Morgan fingerprint density at radius 3 is 2.67 bits per heavy atom. The smallest absolute Gasteiger partial charge is 0.124 e. The van der Waals surface area contributed by atoms with Crippen molar-refractivity contribution in [3.63, 3.8) is 0 Å². The number of alkyl halides is 1. The van der Waals surface area contributed by atoms with Crippen molar-refractivity contribution in [2.45, 2.75) is 12.5 Å². The zero-order valence-corrected chi connectivity index (χ0v) is 12.2. The van der Waals surface area contributed by atoms with Crippen molar-refractivity contribution in [1.29, 1.82) is 5.26 Å². The molecular formula is C16H13ClFNO2. The van der Waals surface area contributed by atoms with E-state index in [9.17, 15) is 4.39 Å². The molecule has 0 N–H and O–H groups in total. The number of methoxy groups -OCH3 is 1. The first-order valence-corrected chi connectivity index (χ1v) is 6.75. The summed E-state index contributed by atoms with van der Waals surface area (Å²) in [6, 6.07) is 11.3. The molecule has 2 aromatic rings. The number of rotatable bonds is 5. The van der Waals surface area contributed by atoms with Crippen molar-refractivity contribution in [2.75, 3.05) is 7.11 Å². The van der Waals surface area contributed by atoms with Crippen LogP contribution in [0.4, 0.5) is 4.39 Å². The molecule has 0 amide bonds. The van der Waals surface area contributed by atoms with E-state index in [0.717, 1.165) is 5.56 Å². The van der Waals surface area contributed by atoms with Crippen LogP contribution < -0.4 is 9.47 Å². The van der Waals surface area contributed by atoms with Crippen LogP contribution in [-0.2, 0) is 12.5 Å². The Kier molecular flexibility index (Phi) is 5.02. The third kappa shape index (κ3) is 3.65. The van der Waals surface area contributed by atoms with Gasteiger partial charge in [0.25, 0.3) is 0 Å². The van der Waals surface area contributed by atoms with E-state index in [1.54, 1.807) is 25.3 Å². The molecule has 0 heterocycles. The normalized spacial score (nSPS) is 10.0. The number of halogens is 2. The van der Waals surface area contributed by atoms with Crippen LogP contribution in [0.15, 0.2) is 36.4 Å². The molecule has 0 saturated heterocycles. The van der Waals surface area contributed by atoms with Gasteiger partial charge in [0, 0.05) is 11.1 Å². The minimum atomic E-state index is -0.403. The molecule has 0 spiro atoms. The van der Waals surface area contributed by atoms with Crippen LogP contribution in [0.2, 0.25) is 0 Å². The van der Waals surface area contributed by atoms with Crippen molar-refractivity contribution in [1.82, 2.24) is 0 Å². The van der Waals surface area contributed by atoms with Gasteiger partial charge in [-0.15, -0.1) is 11.6 Å². The minimum Gasteiger partial charge on any atom is -0.497 e. The lowest BCUT2D eigenvalue weighted by molar-refractivity contribution is 0.302. The maximum Gasteiger partial charge on any atom is 0.124 e. The Hall–Kier alpha value is -2.25. The maximum atomic E-state index is 13.3. The molecule has 0 fully saturated rings. The first-order valence-electron chi connectivity index (χ1n) is 6.22. The average molecular weight is 306 g/mol. The predicted octanol–water partition coefficient (Wildman–Crippen LogP) is 4.02. The SMILES string of the molecule is COc1ccc(OCc2cc(F)ccc2C#N)c(CCl)c1. The number of hydrogen-bond donors (Lipinski definition) is 0. The third-order valence-electron chi connectivity index (χ3n) is 2.98. The Balaban J connectivity index is 2.20. The Morgan fingerprint density at radius 2 is 2.00 bits per heavy atom. The molecule has 0 aliphatic heterocycles. The summed E-state index contributed by atoms with van der Waals surface area (Å²) < 4.78 is 24.0. The Bertz CT molecular complexity index is 682. The summed E-state index contributed by atoms with van der Waals surface area (Å²) in [5.74, 6) is 1.13. The van der Waals surface area contributed by atoms with Crippen LogP contribution in [0, 0.1) is 17.1 Å². The van der Waals surface area contributed by atoms with E-state index in [1.807, 2.05) is 6.07 Å². The van der Waals surface area contributed by atoms with Gasteiger partial charge in [0.2, 0.25) is 0 Å². The van der Waals surface area contributed by atoms with Crippen LogP contribution in [0.25, 0.3) is 0 Å². The molecule has 0 unspecified atom stereocenters. The van der Waals surface area contributed by atoms with Crippen LogP contribution in [0.1, 0.15) is 16.7 Å². The fourth-order valence-corrected chi connectivity index (χ4v) is 2.08. The van der Waals surface area contributed by atoms with Gasteiger partial charge < -0.3 is 9.47 Å². The van der Waals surface area contributed by atoms with Gasteiger partial charge in [-0.1, -0.05) is 0 Å². The van der Waals surface area contributed by atoms with Crippen molar-refractivity contribution in [2.24, 2.45) is 0 Å². The lowest BCUT2D eigenvalue weighted by Crippen LogP contribution is -2.01. The van der Waals surface area contributed by atoms with Crippen molar-refractivity contribution in [3.05, 3.63) is 58.9 Å². The summed E-state index contributed by atoms with van der Waals surface area (Å²) in [4.78, 5) is 0. The summed E-state index contributed by atoms with van der Waals surface area (Å²) >= 11 is 5.88. The molecule has 0 saturated carbocycles. The van der Waals surface area contributed by atoms with Gasteiger partial charge >= 0.3 is 0 Å². The van der Waals surface area contributed by atoms with Crippen LogP contribution in [0.3, 0.4) is 0 Å². The van der Waals surface area contributed by atoms with E-state index in [4.69, 9.17) is 26.3 Å². The highest BCUT2D eigenvalue weighted by atomic mass is 35.5. The highest BCUT2D eigenvalue weighted by Crippen LogP contribution is 2.26. The van der Waals surface area contributed by atoms with Crippen LogP contribution in [-0.4, -0.2) is 7.11 Å². The van der Waals surface area contributed by atoms with Crippen molar-refractivity contribution in [3.8, 4) is 17.6 Å². The van der Waals surface area contributed by atoms with Crippen molar-refractivity contribution < 1.29 is 13.9 Å². The number of benzene rings is 2. The van der Waals surface area contributed by atoms with Gasteiger partial charge in [-0.2, -0.15) is 5.26 Å². The Morgan fingerprint density at radius 1 is 1.19 bits per heavy atom. The second-order valence-corrected chi connectivity index (χ2v) is 4.58. The number of hydrogen-bond acceptors (Lipinski definition) is 3. The molecule has 21 heavy (non-hydrogen) atoms. The highest BCUT2D eigenvalue weighted by molar-refractivity contribution is 6.17. The van der Waals surface area contributed by atoms with E-state index < -0.39 is 5.82 Å². The molecule has 2 aromatic carbocycles. The van der Waals surface area contributed by atoms with E-state index >= 15 is 0 Å². The molecule has 5 heteroatoms. The van der Waals surface area contributed by atoms with E-state index in [2.05, 4.69) is 0 Å². The average Bonchev–Trinajstić information content (AvgIpc) is 2.52. The lowest BCUT2D eigenvalue weighted by Gasteiger charge is -2.12. The quantitative estimate of drug-likeness (QED) is 0.783. The summed E-state index contributed by atoms with van der Waals surface area (Å²) in [6.07, 6.45) is 0. The van der Waals surface area contributed by atoms with E-state index in [0.29, 0.717) is 22.6 Å². The largest absolute Gasteiger partial charge is 0.497 e. The van der Waals surface area contributed by atoms with Crippen LogP contribution >= 0.6 is 11.6 Å². The predicted molar refractivity (Wildman–Crippen MR) is 78.0 cm³/mol. The Labute approximate surface area is 127 Å². The van der Waals surface area contributed by atoms with E-state index in [-0.39, 0.29) is 12.5 Å². The molecule has 0 radical (unpaired) electrons. The minimum absolute atomic E-state index is 0.0941. The highest BCUT2D eigenvalue weighted by Gasteiger charge is 2.08. The number of nitrogens with zero attached hydrogens (tertiary/aromatic N) is 1. The second-order valence-electron chi connectivity index (χ2n) is 4.31. The molecule has 3 nitrogen and oxygen atoms in total. The van der Waals surface area contributed by atoms with Gasteiger partial charge in [-0.25, -0.2) is 4.39 Å². The summed E-state index contributed by atoms with van der Waals surface area (Å²) in [5.41, 5.74) is 1.65. The van der Waals surface area contributed by atoms with Gasteiger partial charge in [-0.05, 0) is 36.4 Å². The zero-order chi connectivity index (χ0) is 15.2. The van der Waals surface area contributed by atoms with Gasteiger partial charge in [0.15, 0.2) is 0 Å². The van der Waals surface area contributed by atoms with E-state index in [1.165, 1.54) is 18.2 Å². The van der Waals surface area contributed by atoms with Crippen molar-refractivity contribution >= 4 is 11.6 Å². The molecule has 0 bridgehead atoms. The molecule has 0 aliphatic rings. The van der Waals surface area contributed by atoms with Gasteiger partial charge in [0.05, 0.1) is 24.6 Å². The molecule has 0 aliphatic carbocycles. The third-order valence-corrected chi connectivity index (χ3v) is 3.27. The lowest BCUT2D eigenvalue weighted by atomic mass is 10.1. The first kappa shape index (κ1) is 15.1. The van der Waals surface area contributed by atoms with Gasteiger partial charge in [-0.3, -0.25) is 0 Å². The molecular weight excluding hydrogens is 293 g/mol. The molecule has 108 valence electrons. The molecule has 0 aromatic heterocycles. The zero-order valence-electron chi connectivity index (χ0n) is 11.4. The first-order chi connectivity index (χ1) is 10.2. The summed E-state index contributed by atoms with van der Waals surface area (Å²) in [7, 11) is 1.57. The maximum absolute atomic E-state index is 13.3.